The van der Waals surface area contributed by atoms with Crippen molar-refractivity contribution in [1.82, 2.24) is 4.98 Å². The van der Waals surface area contributed by atoms with Gasteiger partial charge in [-0.15, -0.1) is 0 Å². The van der Waals surface area contributed by atoms with E-state index in [1.807, 2.05) is 0 Å². The number of sulfonamides is 1. The molecule has 0 aliphatic rings. The van der Waals surface area contributed by atoms with E-state index in [1.165, 1.54) is 6.07 Å². The monoisotopic (exact) mass is 325 g/mol. The summed E-state index contributed by atoms with van der Waals surface area (Å²) in [7, 11) is -3.71. The van der Waals surface area contributed by atoms with Gasteiger partial charge in [-0.05, 0) is 17.7 Å². The fraction of sp³-hybridized carbons (Fsp3) is 0.0769. The molecule has 21 heavy (non-hydrogen) atoms. The zero-order valence-electron chi connectivity index (χ0n) is 10.8. The Kier molecular flexibility index (Phi) is 4.49. The second kappa shape index (κ2) is 6.15. The highest BCUT2D eigenvalue weighted by Crippen LogP contribution is 2.15. The van der Waals surface area contributed by atoms with Crippen LogP contribution in [0, 0.1) is 5.82 Å². The lowest BCUT2D eigenvalue weighted by atomic mass is 10.1. The third-order valence-corrected chi connectivity index (χ3v) is 4.05. The third kappa shape index (κ3) is 4.20. The van der Waals surface area contributed by atoms with E-state index in [1.54, 1.807) is 24.3 Å². The van der Waals surface area contributed by atoms with Crippen LogP contribution >= 0.6 is 12.2 Å². The van der Waals surface area contributed by atoms with E-state index in [0.717, 1.165) is 12.3 Å². The molecule has 0 bridgehead atoms. The average molecular weight is 325 g/mol. The van der Waals surface area contributed by atoms with E-state index in [0.29, 0.717) is 11.1 Å². The number of benzene rings is 1. The first-order chi connectivity index (χ1) is 9.87. The first kappa shape index (κ1) is 15.3. The number of aromatic nitrogens is 1. The molecule has 5 nitrogen and oxygen atoms in total. The number of pyridine rings is 1. The van der Waals surface area contributed by atoms with Gasteiger partial charge < -0.3 is 5.73 Å². The van der Waals surface area contributed by atoms with Crippen LogP contribution in [0.25, 0.3) is 0 Å². The summed E-state index contributed by atoms with van der Waals surface area (Å²) in [5.74, 6) is -0.805. The molecule has 0 radical (unpaired) electrons. The topological polar surface area (TPSA) is 85.1 Å². The highest BCUT2D eigenvalue weighted by atomic mass is 32.2. The van der Waals surface area contributed by atoms with Crippen LogP contribution in [-0.2, 0) is 15.8 Å². The Morgan fingerprint density at radius 1 is 1.29 bits per heavy atom. The molecule has 3 N–H and O–H groups in total. The van der Waals surface area contributed by atoms with E-state index in [9.17, 15) is 12.8 Å². The molecule has 0 fully saturated rings. The van der Waals surface area contributed by atoms with E-state index in [-0.39, 0.29) is 16.6 Å². The van der Waals surface area contributed by atoms with Gasteiger partial charge in [-0.2, -0.15) is 0 Å². The minimum atomic E-state index is -3.71. The maximum atomic E-state index is 12.7. The second-order valence-corrected chi connectivity index (χ2v) is 6.41. The maximum absolute atomic E-state index is 12.7. The van der Waals surface area contributed by atoms with E-state index in [2.05, 4.69) is 9.71 Å². The molecule has 8 heteroatoms. The Balaban J connectivity index is 2.22. The number of nitrogens with two attached hydrogens (primary N) is 1. The highest BCUT2D eigenvalue weighted by Gasteiger charge is 2.15. The number of thiocarbonyl (C=S) groups is 1. The Labute approximate surface area is 127 Å². The first-order valence-corrected chi connectivity index (χ1v) is 7.93. The number of nitrogens with zero attached hydrogens (tertiary/aromatic N) is 1. The molecular weight excluding hydrogens is 313 g/mol. The molecule has 0 unspecified atom stereocenters. The predicted octanol–water partition coefficient (Wildman–Crippen LogP) is 1.80. The van der Waals surface area contributed by atoms with Gasteiger partial charge in [0, 0.05) is 5.56 Å². The number of anilines is 1. The zero-order chi connectivity index (χ0) is 15.5. The zero-order valence-corrected chi connectivity index (χ0v) is 12.4. The van der Waals surface area contributed by atoms with Gasteiger partial charge in [0.2, 0.25) is 10.0 Å². The highest BCUT2D eigenvalue weighted by molar-refractivity contribution is 7.91. The van der Waals surface area contributed by atoms with Crippen molar-refractivity contribution in [3.05, 3.63) is 59.5 Å². The molecule has 0 saturated carbocycles. The number of nitrogens with one attached hydrogen (secondary N) is 1. The quantitative estimate of drug-likeness (QED) is 0.819. The Bertz CT molecular complexity index is 761. The fourth-order valence-corrected chi connectivity index (χ4v) is 3.09. The SMILES string of the molecule is NC(=S)c1ccccc1CS(=O)(=O)Nc1ccc(F)cn1. The van der Waals surface area contributed by atoms with Crippen LogP contribution in [0.3, 0.4) is 0 Å². The number of hydrogen-bond acceptors (Lipinski definition) is 4. The summed E-state index contributed by atoms with van der Waals surface area (Å²) >= 11 is 4.89. The number of hydrogen-bond donors (Lipinski definition) is 2. The molecule has 0 aliphatic heterocycles. The van der Waals surface area contributed by atoms with Crippen molar-refractivity contribution in [2.45, 2.75) is 5.75 Å². The lowest BCUT2D eigenvalue weighted by molar-refractivity contribution is 0.599. The van der Waals surface area contributed by atoms with Crippen molar-refractivity contribution < 1.29 is 12.8 Å². The summed E-state index contributed by atoms with van der Waals surface area (Å²) in [5, 5.41) is 0. The lowest BCUT2D eigenvalue weighted by Crippen LogP contribution is -2.19. The molecule has 1 aromatic carbocycles. The average Bonchev–Trinajstić information content (AvgIpc) is 2.41. The summed E-state index contributed by atoms with van der Waals surface area (Å²) < 4.78 is 39.2. The summed E-state index contributed by atoms with van der Waals surface area (Å²) in [4.78, 5) is 3.77. The number of halogens is 1. The molecular formula is C13H12FN3O2S2. The van der Waals surface area contributed by atoms with Crippen LogP contribution in [-0.4, -0.2) is 18.4 Å². The molecule has 2 aromatic rings. The molecule has 1 aromatic heterocycles. The van der Waals surface area contributed by atoms with Gasteiger partial charge in [-0.1, -0.05) is 36.5 Å². The van der Waals surface area contributed by atoms with Crippen LogP contribution in [0.1, 0.15) is 11.1 Å². The molecule has 2 rings (SSSR count). The van der Waals surface area contributed by atoms with Crippen molar-refractivity contribution in [2.75, 3.05) is 4.72 Å². The van der Waals surface area contributed by atoms with Gasteiger partial charge >= 0.3 is 0 Å². The van der Waals surface area contributed by atoms with Crippen LogP contribution in [0.15, 0.2) is 42.6 Å². The summed E-state index contributed by atoms with van der Waals surface area (Å²) in [6.45, 7) is 0. The molecule has 0 saturated heterocycles. The minimum Gasteiger partial charge on any atom is -0.389 e. The van der Waals surface area contributed by atoms with Gasteiger partial charge in [0.05, 0.1) is 11.9 Å². The molecule has 110 valence electrons. The number of rotatable bonds is 5. The summed E-state index contributed by atoms with van der Waals surface area (Å²) in [6, 6.07) is 9.07. The van der Waals surface area contributed by atoms with Gasteiger partial charge in [-0.3, -0.25) is 4.72 Å². The normalized spacial score (nSPS) is 11.1. The van der Waals surface area contributed by atoms with E-state index in [4.69, 9.17) is 18.0 Å². The minimum absolute atomic E-state index is 0.0456. The van der Waals surface area contributed by atoms with Gasteiger partial charge in [-0.25, -0.2) is 17.8 Å². The Morgan fingerprint density at radius 3 is 2.62 bits per heavy atom. The first-order valence-electron chi connectivity index (χ1n) is 5.87. The van der Waals surface area contributed by atoms with Gasteiger partial charge in [0.25, 0.3) is 0 Å². The predicted molar refractivity (Wildman–Crippen MR) is 82.8 cm³/mol. The largest absolute Gasteiger partial charge is 0.389 e. The molecule has 0 amide bonds. The van der Waals surface area contributed by atoms with Crippen molar-refractivity contribution >= 4 is 33.0 Å². The van der Waals surface area contributed by atoms with Crippen LogP contribution in [0.5, 0.6) is 0 Å². The summed E-state index contributed by atoms with van der Waals surface area (Å²) in [5.41, 5.74) is 6.56. The summed E-state index contributed by atoms with van der Waals surface area (Å²) in [6.07, 6.45) is 0.931. The van der Waals surface area contributed by atoms with Crippen LogP contribution < -0.4 is 10.5 Å². The van der Waals surface area contributed by atoms with Crippen molar-refractivity contribution in [3.8, 4) is 0 Å². The Morgan fingerprint density at radius 2 is 2.00 bits per heavy atom. The van der Waals surface area contributed by atoms with Crippen molar-refractivity contribution in [1.29, 1.82) is 0 Å². The maximum Gasteiger partial charge on any atom is 0.238 e. The van der Waals surface area contributed by atoms with Crippen LogP contribution in [0.4, 0.5) is 10.2 Å². The standard InChI is InChI=1S/C13H12FN3O2S2/c14-10-5-6-12(16-7-10)17-21(18,19)8-9-3-1-2-4-11(9)13(15)20/h1-7H,8H2,(H2,15,20)(H,16,17). The van der Waals surface area contributed by atoms with E-state index < -0.39 is 15.8 Å². The fourth-order valence-electron chi connectivity index (χ4n) is 1.72. The smallest absolute Gasteiger partial charge is 0.238 e. The lowest BCUT2D eigenvalue weighted by Gasteiger charge is -2.10. The molecule has 1 heterocycles. The second-order valence-electron chi connectivity index (χ2n) is 4.24. The van der Waals surface area contributed by atoms with Gasteiger partial charge in [0.15, 0.2) is 0 Å². The van der Waals surface area contributed by atoms with E-state index >= 15 is 0 Å². The Hall–Kier alpha value is -2.06. The molecule has 0 atom stereocenters. The van der Waals surface area contributed by atoms with Crippen molar-refractivity contribution in [3.63, 3.8) is 0 Å². The third-order valence-electron chi connectivity index (χ3n) is 2.62. The molecule has 0 aliphatic carbocycles. The molecule has 0 spiro atoms. The van der Waals surface area contributed by atoms with Crippen molar-refractivity contribution in [2.24, 2.45) is 5.73 Å². The van der Waals surface area contributed by atoms with Crippen LogP contribution in [0.2, 0.25) is 0 Å². The van der Waals surface area contributed by atoms with Gasteiger partial charge in [0.1, 0.15) is 16.6 Å².